The Morgan fingerprint density at radius 1 is 1.21 bits per heavy atom. The summed E-state index contributed by atoms with van der Waals surface area (Å²) in [6.07, 6.45) is 10.7. The minimum atomic E-state index is 0.0698. The predicted molar refractivity (Wildman–Crippen MR) is 100 cm³/mol. The minimum absolute atomic E-state index is 0.0698. The van der Waals surface area contributed by atoms with Gasteiger partial charge in [-0.3, -0.25) is 4.79 Å². The largest absolute Gasteiger partial charge is 0.313 e. The van der Waals surface area contributed by atoms with Crippen LogP contribution in [0.5, 0.6) is 0 Å². The molecule has 5 heteroatoms. The van der Waals surface area contributed by atoms with Crippen molar-refractivity contribution in [2.24, 2.45) is 5.92 Å². The third-order valence-electron chi connectivity index (χ3n) is 5.75. The zero-order chi connectivity index (χ0) is 16.5. The van der Waals surface area contributed by atoms with E-state index in [1.54, 1.807) is 11.3 Å². The topological polar surface area (TPSA) is 57.8 Å². The molecule has 2 aromatic heterocycles. The number of nitrogens with zero attached hydrogens (tertiary/aromatic N) is 1. The van der Waals surface area contributed by atoms with E-state index in [4.69, 9.17) is 4.98 Å². The predicted octanol–water partition coefficient (Wildman–Crippen LogP) is 3.57. The van der Waals surface area contributed by atoms with Crippen LogP contribution in [0.4, 0.5) is 0 Å². The molecule has 0 aromatic carbocycles. The maximum atomic E-state index is 12.5. The molecule has 0 spiro atoms. The summed E-state index contributed by atoms with van der Waals surface area (Å²) < 4.78 is 0. The van der Waals surface area contributed by atoms with Gasteiger partial charge in [0.1, 0.15) is 10.7 Å². The van der Waals surface area contributed by atoms with Crippen LogP contribution in [0.25, 0.3) is 10.2 Å². The number of aryl methyl sites for hydroxylation is 2. The van der Waals surface area contributed by atoms with Gasteiger partial charge in [-0.15, -0.1) is 11.3 Å². The van der Waals surface area contributed by atoms with Gasteiger partial charge in [0.2, 0.25) is 0 Å². The van der Waals surface area contributed by atoms with Gasteiger partial charge < -0.3 is 10.3 Å². The number of nitrogens with one attached hydrogen (secondary N) is 2. The molecule has 2 heterocycles. The Hall–Kier alpha value is -1.20. The van der Waals surface area contributed by atoms with E-state index >= 15 is 0 Å². The minimum Gasteiger partial charge on any atom is -0.313 e. The normalized spacial score (nSPS) is 24.2. The molecule has 0 radical (unpaired) electrons. The van der Waals surface area contributed by atoms with Crippen LogP contribution in [0, 0.1) is 5.92 Å². The molecule has 2 aliphatic rings. The molecular weight excluding hydrogens is 318 g/mol. The highest BCUT2D eigenvalue weighted by Gasteiger charge is 2.21. The van der Waals surface area contributed by atoms with Gasteiger partial charge in [0.15, 0.2) is 0 Å². The second-order valence-electron chi connectivity index (χ2n) is 7.48. The molecular formula is C19H27N3OS. The van der Waals surface area contributed by atoms with Gasteiger partial charge in [-0.25, -0.2) is 4.98 Å². The fourth-order valence-corrected chi connectivity index (χ4v) is 5.60. The third-order valence-corrected chi connectivity index (χ3v) is 6.94. The smallest absolute Gasteiger partial charge is 0.259 e. The molecule has 24 heavy (non-hydrogen) atoms. The average molecular weight is 346 g/mol. The molecule has 0 aliphatic heterocycles. The maximum absolute atomic E-state index is 12.5. The maximum Gasteiger partial charge on any atom is 0.259 e. The van der Waals surface area contributed by atoms with Crippen LogP contribution in [0.3, 0.4) is 0 Å². The van der Waals surface area contributed by atoms with Gasteiger partial charge in [-0.1, -0.05) is 19.8 Å². The first-order valence-electron chi connectivity index (χ1n) is 9.49. The molecule has 2 N–H and O–H groups in total. The summed E-state index contributed by atoms with van der Waals surface area (Å²) in [4.78, 5) is 22.7. The number of thiophene rings is 1. The molecule has 2 aliphatic carbocycles. The van der Waals surface area contributed by atoms with Gasteiger partial charge in [0.25, 0.3) is 5.56 Å². The zero-order valence-corrected chi connectivity index (χ0v) is 15.3. The first-order valence-corrected chi connectivity index (χ1v) is 10.3. The van der Waals surface area contributed by atoms with Crippen LogP contribution in [-0.4, -0.2) is 22.6 Å². The van der Waals surface area contributed by atoms with Gasteiger partial charge in [-0.05, 0) is 50.0 Å². The number of aromatic amines is 1. The lowest BCUT2D eigenvalue weighted by Crippen LogP contribution is -2.38. The monoisotopic (exact) mass is 345 g/mol. The second-order valence-corrected chi connectivity index (χ2v) is 8.56. The van der Waals surface area contributed by atoms with Crippen LogP contribution >= 0.6 is 11.3 Å². The van der Waals surface area contributed by atoms with Crippen LogP contribution in [0.2, 0.25) is 0 Å². The van der Waals surface area contributed by atoms with Gasteiger partial charge in [0, 0.05) is 23.9 Å². The Bertz CT molecular complexity index is 779. The summed E-state index contributed by atoms with van der Waals surface area (Å²) in [5, 5.41) is 4.55. The van der Waals surface area contributed by atoms with Crippen LogP contribution < -0.4 is 10.9 Å². The highest BCUT2D eigenvalue weighted by Crippen LogP contribution is 2.33. The molecule has 1 fully saturated rings. The molecule has 2 unspecified atom stereocenters. The molecule has 130 valence electrons. The summed E-state index contributed by atoms with van der Waals surface area (Å²) in [6.45, 7) is 3.24. The number of rotatable bonds is 4. The Labute approximate surface area is 147 Å². The number of hydrogen-bond acceptors (Lipinski definition) is 4. The Morgan fingerprint density at radius 2 is 2.04 bits per heavy atom. The van der Waals surface area contributed by atoms with Crippen molar-refractivity contribution < 1.29 is 0 Å². The summed E-state index contributed by atoms with van der Waals surface area (Å²) in [5.74, 6) is 1.60. The number of aromatic nitrogens is 2. The van der Waals surface area contributed by atoms with E-state index in [9.17, 15) is 4.79 Å². The van der Waals surface area contributed by atoms with E-state index in [0.29, 0.717) is 6.04 Å². The zero-order valence-electron chi connectivity index (χ0n) is 14.5. The highest BCUT2D eigenvalue weighted by molar-refractivity contribution is 7.18. The molecule has 0 bridgehead atoms. The molecule has 4 nitrogen and oxygen atoms in total. The van der Waals surface area contributed by atoms with Crippen molar-refractivity contribution in [2.45, 2.75) is 70.8 Å². The van der Waals surface area contributed by atoms with E-state index in [-0.39, 0.29) is 5.56 Å². The summed E-state index contributed by atoms with van der Waals surface area (Å²) in [7, 11) is 0. The standard InChI is InChI=1S/C19H27N3OS/c1-12-6-2-4-8-14(12)20-11-10-16-21-18(23)17-13-7-3-5-9-15(13)24-19(17)22-16/h12,14,20H,2-11H2,1H3,(H,21,22,23). The van der Waals surface area contributed by atoms with Gasteiger partial charge in [0.05, 0.1) is 5.39 Å². The van der Waals surface area contributed by atoms with E-state index < -0.39 is 0 Å². The molecule has 1 saturated carbocycles. The Balaban J connectivity index is 1.48. The van der Waals surface area contributed by atoms with E-state index in [1.165, 1.54) is 49.0 Å². The van der Waals surface area contributed by atoms with Crippen molar-refractivity contribution in [1.82, 2.24) is 15.3 Å². The molecule has 0 amide bonds. The van der Waals surface area contributed by atoms with Gasteiger partial charge >= 0.3 is 0 Å². The van der Waals surface area contributed by atoms with E-state index in [1.807, 2.05) is 0 Å². The second kappa shape index (κ2) is 6.96. The van der Waals surface area contributed by atoms with Crippen molar-refractivity contribution in [3.8, 4) is 0 Å². The van der Waals surface area contributed by atoms with Crippen molar-refractivity contribution in [2.75, 3.05) is 6.54 Å². The van der Waals surface area contributed by atoms with Crippen LogP contribution in [0.15, 0.2) is 4.79 Å². The third kappa shape index (κ3) is 3.16. The van der Waals surface area contributed by atoms with Crippen LogP contribution in [-0.2, 0) is 19.3 Å². The highest BCUT2D eigenvalue weighted by atomic mass is 32.1. The quantitative estimate of drug-likeness (QED) is 0.890. The first-order chi connectivity index (χ1) is 11.7. The molecule has 2 atom stereocenters. The molecule has 2 aromatic rings. The fraction of sp³-hybridized carbons (Fsp3) is 0.684. The van der Waals surface area contributed by atoms with Crippen molar-refractivity contribution in [1.29, 1.82) is 0 Å². The van der Waals surface area contributed by atoms with E-state index in [2.05, 4.69) is 17.2 Å². The van der Waals surface area contributed by atoms with Crippen molar-refractivity contribution >= 4 is 21.6 Å². The average Bonchev–Trinajstić information content (AvgIpc) is 2.95. The lowest BCUT2D eigenvalue weighted by atomic mass is 9.86. The fourth-order valence-electron chi connectivity index (χ4n) is 4.32. The summed E-state index contributed by atoms with van der Waals surface area (Å²) >= 11 is 1.74. The molecule has 0 saturated heterocycles. The molecule has 4 rings (SSSR count). The summed E-state index contributed by atoms with van der Waals surface area (Å²) in [6, 6.07) is 0.628. The summed E-state index contributed by atoms with van der Waals surface area (Å²) in [5.41, 5.74) is 1.34. The lowest BCUT2D eigenvalue weighted by Gasteiger charge is -2.29. The SMILES string of the molecule is CC1CCCCC1NCCc1nc2sc3c(c2c(=O)[nH]1)CCCC3. The Kier molecular flexibility index (Phi) is 4.72. The van der Waals surface area contributed by atoms with Gasteiger partial charge in [-0.2, -0.15) is 0 Å². The van der Waals surface area contributed by atoms with Crippen molar-refractivity contribution in [3.63, 3.8) is 0 Å². The number of fused-ring (bicyclic) bond motifs is 3. The number of hydrogen-bond donors (Lipinski definition) is 2. The number of H-pyrrole nitrogens is 1. The lowest BCUT2D eigenvalue weighted by molar-refractivity contribution is 0.282. The Morgan fingerprint density at radius 3 is 2.92 bits per heavy atom. The van der Waals surface area contributed by atoms with E-state index in [0.717, 1.165) is 47.8 Å². The van der Waals surface area contributed by atoms with Crippen LogP contribution in [0.1, 0.15) is 61.7 Å². The first kappa shape index (κ1) is 16.3. The van der Waals surface area contributed by atoms with Crippen molar-refractivity contribution in [3.05, 3.63) is 26.6 Å².